The Hall–Kier alpha value is -1.64. The molecule has 4 aliphatic rings. The number of hydrogen-bond donors (Lipinski definition) is 4. The third-order valence-electron chi connectivity index (χ3n) is 5.83. The molecular weight excluding hydrogens is 442 g/mol. The smallest absolute Gasteiger partial charge is 0.475 e. The highest BCUT2D eigenvalue weighted by Crippen LogP contribution is 2.45. The molecule has 1 atom stereocenters. The molecule has 0 aliphatic heterocycles. The molecule has 0 aromatic heterocycles. The number of alkyl halides is 6. The zero-order valence-corrected chi connectivity index (χ0v) is 16.3. The van der Waals surface area contributed by atoms with Gasteiger partial charge < -0.3 is 26.0 Å². The molecule has 180 valence electrons. The number of ether oxygens (including phenoxy) is 2. The summed E-state index contributed by atoms with van der Waals surface area (Å²) in [7, 11) is 0. The summed E-state index contributed by atoms with van der Waals surface area (Å²) >= 11 is 0. The molecule has 8 nitrogen and oxygen atoms in total. The first-order valence-corrected chi connectivity index (χ1v) is 9.48. The van der Waals surface area contributed by atoms with Crippen molar-refractivity contribution in [3.8, 4) is 0 Å². The number of carbonyl (C=O) groups excluding carboxylic acids is 1. The number of carboxylic acid groups (broad SMARTS) is 1. The van der Waals surface area contributed by atoms with Crippen LogP contribution in [0.5, 0.6) is 0 Å². The van der Waals surface area contributed by atoms with Gasteiger partial charge in [0.05, 0.1) is 18.3 Å². The van der Waals surface area contributed by atoms with Gasteiger partial charge >= 0.3 is 18.5 Å². The van der Waals surface area contributed by atoms with Crippen molar-refractivity contribution in [3.05, 3.63) is 0 Å². The van der Waals surface area contributed by atoms with Crippen LogP contribution in [-0.2, 0) is 19.1 Å². The summed E-state index contributed by atoms with van der Waals surface area (Å²) in [4.78, 5) is 21.0. The van der Waals surface area contributed by atoms with Crippen molar-refractivity contribution in [2.24, 2.45) is 5.73 Å². The summed E-state index contributed by atoms with van der Waals surface area (Å²) in [6, 6.07) is 0. The zero-order chi connectivity index (χ0) is 23.7. The molecule has 0 aromatic carbocycles. The van der Waals surface area contributed by atoms with Gasteiger partial charge in [-0.05, 0) is 32.1 Å². The number of aliphatic carboxylic acids is 1. The van der Waals surface area contributed by atoms with Crippen molar-refractivity contribution in [2.75, 3.05) is 6.61 Å². The van der Waals surface area contributed by atoms with E-state index in [0.717, 1.165) is 12.8 Å². The number of amides is 1. The predicted molar refractivity (Wildman–Crippen MR) is 90.5 cm³/mol. The Balaban J connectivity index is 0.000000423. The van der Waals surface area contributed by atoms with Crippen LogP contribution < -0.4 is 11.1 Å². The lowest BCUT2D eigenvalue weighted by molar-refractivity contribution is -0.357. The van der Waals surface area contributed by atoms with Gasteiger partial charge in [-0.25, -0.2) is 4.79 Å². The number of nitrogens with two attached hydrogens (primary N) is 1. The Bertz CT molecular complexity index is 656. The average Bonchev–Trinajstić information content (AvgIpc) is 2.57. The van der Waals surface area contributed by atoms with E-state index in [1.807, 2.05) is 0 Å². The molecule has 0 saturated heterocycles. The first kappa shape index (κ1) is 25.6. The Kier molecular flexibility index (Phi) is 7.50. The van der Waals surface area contributed by atoms with Gasteiger partial charge in [0.15, 0.2) is 0 Å². The molecular formula is C17H24F6N2O6. The van der Waals surface area contributed by atoms with Crippen LogP contribution in [-0.4, -0.2) is 70.6 Å². The van der Waals surface area contributed by atoms with Crippen molar-refractivity contribution in [1.82, 2.24) is 5.32 Å². The number of aliphatic hydroxyl groups is 1. The number of nitrogens with one attached hydrogen (secondary N) is 1. The first-order valence-electron chi connectivity index (χ1n) is 9.48. The van der Waals surface area contributed by atoms with E-state index < -0.39 is 41.8 Å². The molecule has 31 heavy (non-hydrogen) atoms. The minimum absolute atomic E-state index is 0.131. The fourth-order valence-electron chi connectivity index (χ4n) is 3.94. The number of rotatable bonds is 5. The molecule has 4 fully saturated rings. The summed E-state index contributed by atoms with van der Waals surface area (Å²) in [5.41, 5.74) is 5.15. The number of aliphatic hydroxyl groups excluding tert-OH is 1. The SMILES string of the molecule is NC12CCC(NC(=O)COC3CC(OC(F)(F)F)C3)(CC1)C[C@@H]2O.O=C(O)C(F)(F)F. The molecule has 4 rings (SSSR count). The van der Waals surface area contributed by atoms with E-state index in [1.165, 1.54) is 0 Å². The first-order chi connectivity index (χ1) is 14.0. The third-order valence-corrected chi connectivity index (χ3v) is 5.83. The lowest BCUT2D eigenvalue weighted by Crippen LogP contribution is -2.68. The maximum Gasteiger partial charge on any atom is 0.522 e. The number of hydrogen-bond acceptors (Lipinski definition) is 6. The summed E-state index contributed by atoms with van der Waals surface area (Å²) in [6.07, 6.45) is -8.17. The van der Waals surface area contributed by atoms with Crippen LogP contribution in [0.1, 0.15) is 44.9 Å². The molecule has 2 bridgehead atoms. The molecule has 4 saturated carbocycles. The van der Waals surface area contributed by atoms with Crippen LogP contribution >= 0.6 is 0 Å². The fraction of sp³-hybridized carbons (Fsp3) is 0.882. The quantitative estimate of drug-likeness (QED) is 0.453. The van der Waals surface area contributed by atoms with Crippen molar-refractivity contribution in [2.45, 2.75) is 86.9 Å². The zero-order valence-electron chi connectivity index (χ0n) is 16.3. The minimum atomic E-state index is -5.08. The van der Waals surface area contributed by atoms with Gasteiger partial charge in [-0.1, -0.05) is 0 Å². The largest absolute Gasteiger partial charge is 0.522 e. The Morgan fingerprint density at radius 2 is 1.55 bits per heavy atom. The van der Waals surface area contributed by atoms with E-state index >= 15 is 0 Å². The summed E-state index contributed by atoms with van der Waals surface area (Å²) in [5.74, 6) is -3.07. The van der Waals surface area contributed by atoms with E-state index in [0.29, 0.717) is 19.3 Å². The van der Waals surface area contributed by atoms with Crippen molar-refractivity contribution >= 4 is 11.9 Å². The Labute approximate surface area is 173 Å². The van der Waals surface area contributed by atoms with Gasteiger partial charge in [-0.15, -0.1) is 13.2 Å². The standard InChI is InChI=1S/C15H23F3N2O4.C2HF3O2/c16-15(17,18)24-10-5-9(6-10)23-8-12(22)20-13-1-3-14(19,4-2-13)11(21)7-13;3-2(4,5)1(6)7/h9-11,21H,1-8,19H2,(H,20,22);(H,6,7)/t9?,10?,11-,13?,14?;/m0./s1. The van der Waals surface area contributed by atoms with Gasteiger partial charge in [0.2, 0.25) is 5.91 Å². The topological polar surface area (TPSA) is 131 Å². The molecule has 0 radical (unpaired) electrons. The maximum absolute atomic E-state index is 12.1. The van der Waals surface area contributed by atoms with Crippen LogP contribution in [0.2, 0.25) is 0 Å². The molecule has 14 heteroatoms. The molecule has 5 N–H and O–H groups in total. The minimum Gasteiger partial charge on any atom is -0.475 e. The predicted octanol–water partition coefficient (Wildman–Crippen LogP) is 1.59. The second kappa shape index (κ2) is 9.08. The van der Waals surface area contributed by atoms with Crippen LogP contribution in [0.25, 0.3) is 0 Å². The van der Waals surface area contributed by atoms with Crippen LogP contribution in [0, 0.1) is 0 Å². The van der Waals surface area contributed by atoms with Crippen molar-refractivity contribution < 1.29 is 55.6 Å². The molecule has 4 aliphatic carbocycles. The summed E-state index contributed by atoms with van der Waals surface area (Å²) in [6.45, 7) is -0.199. The number of carbonyl (C=O) groups is 2. The third kappa shape index (κ3) is 7.19. The monoisotopic (exact) mass is 466 g/mol. The molecule has 0 aromatic rings. The van der Waals surface area contributed by atoms with E-state index in [9.17, 15) is 36.2 Å². The lowest BCUT2D eigenvalue weighted by atomic mass is 9.60. The lowest BCUT2D eigenvalue weighted by Gasteiger charge is -2.54. The van der Waals surface area contributed by atoms with Gasteiger partial charge in [0.1, 0.15) is 6.61 Å². The average molecular weight is 466 g/mol. The number of carboxylic acids is 1. The second-order valence-corrected chi connectivity index (χ2v) is 8.17. The molecule has 0 spiro atoms. The van der Waals surface area contributed by atoms with Gasteiger partial charge in [0, 0.05) is 23.9 Å². The molecule has 1 amide bonds. The summed E-state index contributed by atoms with van der Waals surface area (Å²) < 4.78 is 77.0. The normalized spacial score (nSPS) is 34.9. The number of halogens is 6. The van der Waals surface area contributed by atoms with Gasteiger partial charge in [0.25, 0.3) is 0 Å². The van der Waals surface area contributed by atoms with E-state index in [1.54, 1.807) is 0 Å². The van der Waals surface area contributed by atoms with Crippen LogP contribution in [0.4, 0.5) is 26.3 Å². The highest BCUT2D eigenvalue weighted by Gasteiger charge is 2.52. The van der Waals surface area contributed by atoms with Crippen molar-refractivity contribution in [3.63, 3.8) is 0 Å². The fourth-order valence-corrected chi connectivity index (χ4v) is 3.94. The van der Waals surface area contributed by atoms with Crippen LogP contribution in [0.15, 0.2) is 0 Å². The Morgan fingerprint density at radius 1 is 1.03 bits per heavy atom. The Morgan fingerprint density at radius 3 is 1.97 bits per heavy atom. The van der Waals surface area contributed by atoms with E-state index in [4.69, 9.17) is 20.4 Å². The van der Waals surface area contributed by atoms with Gasteiger partial charge in [-0.3, -0.25) is 9.53 Å². The van der Waals surface area contributed by atoms with E-state index in [2.05, 4.69) is 10.1 Å². The molecule has 0 heterocycles. The summed E-state index contributed by atoms with van der Waals surface area (Å²) in [5, 5.41) is 20.2. The van der Waals surface area contributed by atoms with Gasteiger partial charge in [-0.2, -0.15) is 13.2 Å². The maximum atomic E-state index is 12.1. The molecule has 0 unspecified atom stereocenters. The van der Waals surface area contributed by atoms with Crippen LogP contribution in [0.3, 0.4) is 0 Å². The highest BCUT2D eigenvalue weighted by molar-refractivity contribution is 5.78. The van der Waals surface area contributed by atoms with Crippen molar-refractivity contribution in [1.29, 1.82) is 0 Å². The second-order valence-electron chi connectivity index (χ2n) is 8.17. The van der Waals surface area contributed by atoms with E-state index in [-0.39, 0.29) is 31.5 Å². The highest BCUT2D eigenvalue weighted by atomic mass is 19.4. The number of fused-ring (bicyclic) bond motifs is 3.